The van der Waals surface area contributed by atoms with Crippen molar-refractivity contribution in [2.45, 2.75) is 25.4 Å². The number of anilines is 1. The maximum atomic E-state index is 12.6. The Morgan fingerprint density at radius 3 is 2.78 bits per heavy atom. The van der Waals surface area contributed by atoms with Crippen molar-refractivity contribution in [3.05, 3.63) is 23.4 Å². The average molecular weight is 250 g/mol. The average Bonchev–Trinajstić information content (AvgIpc) is 2.41. The smallest absolute Gasteiger partial charge is 0.198 e. The maximum Gasteiger partial charge on any atom is 0.198 e. The van der Waals surface area contributed by atoms with Gasteiger partial charge in [-0.05, 0) is 18.6 Å². The van der Waals surface area contributed by atoms with Crippen molar-refractivity contribution in [2.24, 2.45) is 0 Å². The van der Waals surface area contributed by atoms with Crippen molar-refractivity contribution in [2.75, 3.05) is 26.1 Å². The molecule has 0 radical (unpaired) electrons. The number of Topliss-reactive ketones (excluding diaryl/α,β-unsaturated/α-hetero) is 1. The summed E-state index contributed by atoms with van der Waals surface area (Å²) in [5.41, 5.74) is 6.33. The van der Waals surface area contributed by atoms with E-state index in [4.69, 9.17) is 15.2 Å². The number of aromatic nitrogens is 1. The van der Waals surface area contributed by atoms with E-state index in [0.717, 1.165) is 5.56 Å². The van der Waals surface area contributed by atoms with Gasteiger partial charge in [0.05, 0.1) is 5.56 Å². The predicted molar refractivity (Wildman–Crippen MR) is 67.5 cm³/mol. The Labute approximate surface area is 106 Å². The van der Waals surface area contributed by atoms with Gasteiger partial charge < -0.3 is 15.2 Å². The molecule has 1 aromatic heterocycles. The van der Waals surface area contributed by atoms with E-state index in [0.29, 0.717) is 31.6 Å². The van der Waals surface area contributed by atoms with Crippen LogP contribution in [0.15, 0.2) is 12.3 Å². The zero-order valence-corrected chi connectivity index (χ0v) is 10.7. The standard InChI is InChI=1S/C13H18N2O3/c1-9-7-10(12(14)15-8-9)11(16)13(17-2)3-5-18-6-4-13/h7-8H,3-6H2,1-2H3,(H2,14,15). The van der Waals surface area contributed by atoms with Gasteiger partial charge >= 0.3 is 0 Å². The van der Waals surface area contributed by atoms with Crippen molar-refractivity contribution in [1.29, 1.82) is 0 Å². The zero-order valence-electron chi connectivity index (χ0n) is 10.7. The maximum absolute atomic E-state index is 12.6. The van der Waals surface area contributed by atoms with E-state index in [1.165, 1.54) is 0 Å². The van der Waals surface area contributed by atoms with Crippen molar-refractivity contribution >= 4 is 11.6 Å². The Bertz CT molecular complexity index is 454. The minimum Gasteiger partial charge on any atom is -0.383 e. The minimum absolute atomic E-state index is 0.0954. The summed E-state index contributed by atoms with van der Waals surface area (Å²) in [5, 5.41) is 0. The fourth-order valence-corrected chi connectivity index (χ4v) is 2.23. The van der Waals surface area contributed by atoms with Gasteiger partial charge in [0.1, 0.15) is 11.4 Å². The molecule has 2 heterocycles. The number of carbonyl (C=O) groups excluding carboxylic acids is 1. The first kappa shape index (κ1) is 13.0. The van der Waals surface area contributed by atoms with Crippen molar-refractivity contribution in [3.8, 4) is 0 Å². The summed E-state index contributed by atoms with van der Waals surface area (Å²) < 4.78 is 10.8. The Morgan fingerprint density at radius 1 is 1.50 bits per heavy atom. The highest BCUT2D eigenvalue weighted by Crippen LogP contribution is 2.30. The molecule has 1 fully saturated rings. The number of ketones is 1. The molecule has 98 valence electrons. The highest BCUT2D eigenvalue weighted by Gasteiger charge is 2.41. The quantitative estimate of drug-likeness (QED) is 0.820. The molecule has 0 bridgehead atoms. The van der Waals surface area contributed by atoms with Gasteiger partial charge in [0.2, 0.25) is 0 Å². The molecule has 2 rings (SSSR count). The lowest BCUT2D eigenvalue weighted by Crippen LogP contribution is -2.46. The number of nitrogen functional groups attached to an aromatic ring is 1. The van der Waals surface area contributed by atoms with E-state index in [1.807, 2.05) is 6.92 Å². The van der Waals surface area contributed by atoms with Crippen LogP contribution in [0.1, 0.15) is 28.8 Å². The Morgan fingerprint density at radius 2 is 2.17 bits per heavy atom. The number of nitrogens with zero attached hydrogens (tertiary/aromatic N) is 1. The highest BCUT2D eigenvalue weighted by atomic mass is 16.5. The second-order valence-corrected chi connectivity index (χ2v) is 4.59. The van der Waals surface area contributed by atoms with Gasteiger partial charge in [0.15, 0.2) is 5.78 Å². The Kier molecular flexibility index (Phi) is 3.63. The van der Waals surface area contributed by atoms with Crippen LogP contribution in [-0.4, -0.2) is 36.7 Å². The van der Waals surface area contributed by atoms with Gasteiger partial charge in [-0.15, -0.1) is 0 Å². The van der Waals surface area contributed by atoms with Crippen LogP contribution >= 0.6 is 0 Å². The van der Waals surface area contributed by atoms with E-state index < -0.39 is 5.60 Å². The number of carbonyl (C=O) groups is 1. The zero-order chi connectivity index (χ0) is 13.2. The number of hydrogen-bond acceptors (Lipinski definition) is 5. The van der Waals surface area contributed by atoms with Crippen molar-refractivity contribution in [3.63, 3.8) is 0 Å². The number of aryl methyl sites for hydroxylation is 1. The van der Waals surface area contributed by atoms with Gasteiger partial charge in [-0.2, -0.15) is 0 Å². The van der Waals surface area contributed by atoms with E-state index in [-0.39, 0.29) is 11.6 Å². The monoisotopic (exact) mass is 250 g/mol. The number of methoxy groups -OCH3 is 1. The molecule has 2 N–H and O–H groups in total. The lowest BCUT2D eigenvalue weighted by Gasteiger charge is -2.34. The van der Waals surface area contributed by atoms with Crippen LogP contribution in [0.3, 0.4) is 0 Å². The lowest BCUT2D eigenvalue weighted by atomic mass is 9.85. The molecule has 0 spiro atoms. The van der Waals surface area contributed by atoms with Gasteiger partial charge in [-0.25, -0.2) is 4.98 Å². The molecule has 1 aliphatic rings. The van der Waals surface area contributed by atoms with Gasteiger partial charge in [0.25, 0.3) is 0 Å². The van der Waals surface area contributed by atoms with Gasteiger partial charge in [-0.3, -0.25) is 4.79 Å². The van der Waals surface area contributed by atoms with Crippen LogP contribution in [0, 0.1) is 6.92 Å². The fourth-order valence-electron chi connectivity index (χ4n) is 2.23. The molecule has 0 atom stereocenters. The number of nitrogens with two attached hydrogens (primary N) is 1. The first-order chi connectivity index (χ1) is 8.59. The van der Waals surface area contributed by atoms with Crippen LogP contribution in [0.5, 0.6) is 0 Å². The Balaban J connectivity index is 2.36. The molecular formula is C13H18N2O3. The number of hydrogen-bond donors (Lipinski definition) is 1. The normalized spacial score (nSPS) is 18.6. The molecule has 5 heteroatoms. The number of rotatable bonds is 3. The third-order valence-corrected chi connectivity index (χ3v) is 3.40. The summed E-state index contributed by atoms with van der Waals surface area (Å²) in [7, 11) is 1.56. The fraction of sp³-hybridized carbons (Fsp3) is 0.538. The van der Waals surface area contributed by atoms with Gasteiger partial charge in [0, 0.05) is 39.4 Å². The first-order valence-electron chi connectivity index (χ1n) is 5.99. The van der Waals surface area contributed by atoms with Crippen molar-refractivity contribution in [1.82, 2.24) is 4.98 Å². The molecule has 18 heavy (non-hydrogen) atoms. The van der Waals surface area contributed by atoms with E-state index >= 15 is 0 Å². The molecule has 1 aromatic rings. The summed E-state index contributed by atoms with van der Waals surface area (Å²) in [4.78, 5) is 16.7. The van der Waals surface area contributed by atoms with Crippen LogP contribution < -0.4 is 5.73 Å². The number of pyridine rings is 1. The summed E-state index contributed by atoms with van der Waals surface area (Å²) in [6.45, 7) is 2.93. The topological polar surface area (TPSA) is 74.4 Å². The minimum atomic E-state index is -0.818. The predicted octanol–water partition coefficient (Wildman–Crippen LogP) is 1.35. The summed E-state index contributed by atoms with van der Waals surface area (Å²) in [6, 6.07) is 1.76. The molecule has 5 nitrogen and oxygen atoms in total. The van der Waals surface area contributed by atoms with Crippen LogP contribution in [-0.2, 0) is 9.47 Å². The van der Waals surface area contributed by atoms with E-state index in [1.54, 1.807) is 19.4 Å². The molecule has 0 unspecified atom stereocenters. The van der Waals surface area contributed by atoms with Gasteiger partial charge in [-0.1, -0.05) is 0 Å². The largest absolute Gasteiger partial charge is 0.383 e. The van der Waals surface area contributed by atoms with Crippen LogP contribution in [0.2, 0.25) is 0 Å². The third kappa shape index (κ3) is 2.23. The second-order valence-electron chi connectivity index (χ2n) is 4.59. The molecular weight excluding hydrogens is 232 g/mol. The first-order valence-corrected chi connectivity index (χ1v) is 5.99. The molecule has 0 amide bonds. The molecule has 1 aliphatic heterocycles. The summed E-state index contributed by atoms with van der Waals surface area (Å²) in [6.07, 6.45) is 2.75. The molecule has 0 aromatic carbocycles. The Hall–Kier alpha value is -1.46. The lowest BCUT2D eigenvalue weighted by molar-refractivity contribution is -0.0662. The van der Waals surface area contributed by atoms with Crippen LogP contribution in [0.25, 0.3) is 0 Å². The summed E-state index contributed by atoms with van der Waals surface area (Å²) in [5.74, 6) is 0.163. The molecule has 0 aliphatic carbocycles. The second kappa shape index (κ2) is 5.04. The van der Waals surface area contributed by atoms with Crippen molar-refractivity contribution < 1.29 is 14.3 Å². The van der Waals surface area contributed by atoms with E-state index in [9.17, 15) is 4.79 Å². The van der Waals surface area contributed by atoms with Crippen LogP contribution in [0.4, 0.5) is 5.82 Å². The summed E-state index contributed by atoms with van der Waals surface area (Å²) >= 11 is 0. The third-order valence-electron chi connectivity index (χ3n) is 3.40. The van der Waals surface area contributed by atoms with E-state index in [2.05, 4.69) is 4.98 Å². The number of ether oxygens (including phenoxy) is 2. The molecule has 0 saturated carbocycles. The highest BCUT2D eigenvalue weighted by molar-refractivity contribution is 6.05. The molecule has 1 saturated heterocycles. The SMILES string of the molecule is COC1(C(=O)c2cc(C)cnc2N)CCOCC1.